The number of benzene rings is 2. The molecule has 0 radical (unpaired) electrons. The quantitative estimate of drug-likeness (QED) is 0.406. The fraction of sp³-hybridized carbons (Fsp3) is 0.440. The molecule has 2 unspecified atom stereocenters. The molecule has 0 bridgehead atoms. The Balaban J connectivity index is 1.45. The van der Waals surface area contributed by atoms with Crippen LogP contribution in [0.1, 0.15) is 48.2 Å². The number of piperidine rings is 1. The number of hydrogen-bond acceptors (Lipinski definition) is 4. The molecule has 2 aromatic carbocycles. The zero-order valence-corrected chi connectivity index (χ0v) is 18.8. The third-order valence-corrected chi connectivity index (χ3v) is 5.73. The number of rotatable bonds is 7. The monoisotopic (exact) mass is 422 g/mol. The van der Waals surface area contributed by atoms with Gasteiger partial charge in [0.05, 0.1) is 12.2 Å². The molecule has 0 amide bonds. The van der Waals surface area contributed by atoms with Crippen molar-refractivity contribution in [2.24, 2.45) is 4.99 Å². The predicted molar refractivity (Wildman–Crippen MR) is 125 cm³/mol. The van der Waals surface area contributed by atoms with Gasteiger partial charge < -0.3 is 15.4 Å². The highest BCUT2D eigenvalue weighted by atomic mass is 16.5. The lowest BCUT2D eigenvalue weighted by Crippen LogP contribution is -2.51. The Morgan fingerprint density at radius 2 is 1.87 bits per heavy atom. The van der Waals surface area contributed by atoms with Gasteiger partial charge in [0, 0.05) is 38.8 Å². The first-order valence-corrected chi connectivity index (χ1v) is 11.1. The van der Waals surface area contributed by atoms with E-state index >= 15 is 0 Å². The van der Waals surface area contributed by atoms with Gasteiger partial charge in [-0.05, 0) is 49.9 Å². The predicted octanol–water partition coefficient (Wildman–Crippen LogP) is 3.58. The van der Waals surface area contributed by atoms with Crippen LogP contribution in [0.15, 0.2) is 59.6 Å². The Kier molecular flexibility index (Phi) is 8.47. The highest BCUT2D eigenvalue weighted by Crippen LogP contribution is 2.20. The normalized spacial score (nSPS) is 19.6. The maximum absolute atomic E-state index is 11.8. The van der Waals surface area contributed by atoms with E-state index in [1.165, 1.54) is 5.56 Å². The fourth-order valence-corrected chi connectivity index (χ4v) is 3.95. The molecule has 2 N–H and O–H groups in total. The second-order valence-corrected chi connectivity index (χ2v) is 8.01. The topological polar surface area (TPSA) is 66.0 Å². The number of guanidine groups is 1. The van der Waals surface area contributed by atoms with E-state index in [-0.39, 0.29) is 5.97 Å². The molecule has 0 aliphatic carbocycles. The molecule has 1 fully saturated rings. The minimum atomic E-state index is -0.285. The van der Waals surface area contributed by atoms with Gasteiger partial charge in [0.1, 0.15) is 0 Å². The van der Waals surface area contributed by atoms with E-state index < -0.39 is 0 Å². The van der Waals surface area contributed by atoms with Crippen LogP contribution in [0.5, 0.6) is 0 Å². The van der Waals surface area contributed by atoms with Crippen molar-refractivity contribution in [1.82, 2.24) is 15.5 Å². The van der Waals surface area contributed by atoms with Crippen molar-refractivity contribution in [3.8, 4) is 0 Å². The third-order valence-electron chi connectivity index (χ3n) is 5.73. The molecule has 1 heterocycles. The van der Waals surface area contributed by atoms with Crippen molar-refractivity contribution in [3.05, 3.63) is 71.3 Å². The van der Waals surface area contributed by atoms with E-state index in [1.807, 2.05) is 19.1 Å². The highest BCUT2D eigenvalue weighted by Gasteiger charge is 2.25. The molecule has 6 heteroatoms. The summed E-state index contributed by atoms with van der Waals surface area (Å²) in [4.78, 5) is 18.7. The highest BCUT2D eigenvalue weighted by molar-refractivity contribution is 5.89. The zero-order chi connectivity index (χ0) is 22.1. The second-order valence-electron chi connectivity index (χ2n) is 8.01. The first-order chi connectivity index (χ1) is 15.1. The number of nitrogens with one attached hydrogen (secondary N) is 2. The summed E-state index contributed by atoms with van der Waals surface area (Å²) in [5.41, 5.74) is 3.03. The number of nitrogens with zero attached hydrogens (tertiary/aromatic N) is 2. The maximum atomic E-state index is 11.8. The first-order valence-electron chi connectivity index (χ1n) is 11.1. The first kappa shape index (κ1) is 22.8. The van der Waals surface area contributed by atoms with Crippen LogP contribution in [0.2, 0.25) is 0 Å². The number of esters is 1. The van der Waals surface area contributed by atoms with Gasteiger partial charge in [-0.1, -0.05) is 42.5 Å². The number of likely N-dealkylation sites (tertiary alicyclic amines) is 1. The molecule has 166 valence electrons. The van der Waals surface area contributed by atoms with Gasteiger partial charge in [-0.25, -0.2) is 4.79 Å². The van der Waals surface area contributed by atoms with Crippen LogP contribution in [0.25, 0.3) is 0 Å². The summed E-state index contributed by atoms with van der Waals surface area (Å²) >= 11 is 0. The number of carbonyl (C=O) groups excluding carboxylic acids is 1. The molecule has 1 saturated heterocycles. The van der Waals surface area contributed by atoms with Crippen LogP contribution in [0.3, 0.4) is 0 Å². The van der Waals surface area contributed by atoms with E-state index in [0.717, 1.165) is 37.5 Å². The molecule has 6 nitrogen and oxygen atoms in total. The molecule has 1 aliphatic rings. The van der Waals surface area contributed by atoms with Crippen LogP contribution < -0.4 is 10.6 Å². The van der Waals surface area contributed by atoms with Crippen molar-refractivity contribution in [2.75, 3.05) is 20.2 Å². The molecule has 0 aromatic heterocycles. The van der Waals surface area contributed by atoms with E-state index in [9.17, 15) is 4.79 Å². The minimum absolute atomic E-state index is 0.285. The number of carbonyl (C=O) groups is 1. The summed E-state index contributed by atoms with van der Waals surface area (Å²) < 4.78 is 5.03. The van der Waals surface area contributed by atoms with Crippen LogP contribution in [0, 0.1) is 0 Å². The van der Waals surface area contributed by atoms with Crippen molar-refractivity contribution >= 4 is 11.9 Å². The Morgan fingerprint density at radius 1 is 1.13 bits per heavy atom. The molecule has 1 aliphatic heterocycles. The van der Waals surface area contributed by atoms with Gasteiger partial charge >= 0.3 is 5.97 Å². The van der Waals surface area contributed by atoms with E-state index in [4.69, 9.17) is 4.74 Å². The van der Waals surface area contributed by atoms with Crippen molar-refractivity contribution in [1.29, 1.82) is 0 Å². The van der Waals surface area contributed by atoms with E-state index in [1.54, 1.807) is 19.2 Å². The molecule has 0 spiro atoms. The lowest BCUT2D eigenvalue weighted by molar-refractivity contribution is 0.0526. The number of aliphatic imine (C=N–C) groups is 1. The Labute approximate surface area is 185 Å². The largest absolute Gasteiger partial charge is 0.462 e. The SMILES string of the molecule is CCOC(=O)c1ccc(CNC(=NC)NC2CCN(Cc3ccccc3)C(C)C2)cc1. The zero-order valence-electron chi connectivity index (χ0n) is 18.8. The lowest BCUT2D eigenvalue weighted by atomic mass is 9.97. The fourth-order valence-electron chi connectivity index (χ4n) is 3.95. The van der Waals surface area contributed by atoms with Gasteiger partial charge in [-0.2, -0.15) is 0 Å². The van der Waals surface area contributed by atoms with Gasteiger partial charge in [-0.15, -0.1) is 0 Å². The molecule has 0 saturated carbocycles. The van der Waals surface area contributed by atoms with Crippen molar-refractivity contribution in [2.45, 2.75) is 51.9 Å². The number of ether oxygens (including phenoxy) is 1. The van der Waals surface area contributed by atoms with Crippen molar-refractivity contribution in [3.63, 3.8) is 0 Å². The van der Waals surface area contributed by atoms with Gasteiger partial charge in [0.2, 0.25) is 0 Å². The molecule has 2 aromatic rings. The summed E-state index contributed by atoms with van der Waals surface area (Å²) in [6.45, 7) is 7.21. The smallest absolute Gasteiger partial charge is 0.338 e. The van der Waals surface area contributed by atoms with Gasteiger partial charge in [0.25, 0.3) is 0 Å². The molecule has 3 rings (SSSR count). The lowest BCUT2D eigenvalue weighted by Gasteiger charge is -2.38. The Bertz CT molecular complexity index is 852. The maximum Gasteiger partial charge on any atom is 0.338 e. The van der Waals surface area contributed by atoms with Crippen molar-refractivity contribution < 1.29 is 9.53 Å². The van der Waals surface area contributed by atoms with Crippen LogP contribution >= 0.6 is 0 Å². The standard InChI is InChI=1S/C25H34N4O2/c1-4-31-24(30)22-12-10-20(11-13-22)17-27-25(26-3)28-23-14-15-29(19(2)16-23)18-21-8-6-5-7-9-21/h5-13,19,23H,4,14-18H2,1-3H3,(H2,26,27,28). The molecular formula is C25H34N4O2. The van der Waals surface area contributed by atoms with Crippen LogP contribution in [-0.2, 0) is 17.8 Å². The summed E-state index contributed by atoms with van der Waals surface area (Å²) in [6, 6.07) is 19.1. The Morgan fingerprint density at radius 3 is 2.52 bits per heavy atom. The molecule has 2 atom stereocenters. The summed E-state index contributed by atoms with van der Waals surface area (Å²) in [5, 5.41) is 6.96. The third kappa shape index (κ3) is 6.82. The van der Waals surface area contributed by atoms with E-state index in [2.05, 4.69) is 57.8 Å². The average molecular weight is 423 g/mol. The second kappa shape index (κ2) is 11.5. The molecular weight excluding hydrogens is 388 g/mol. The van der Waals surface area contributed by atoms with Crippen LogP contribution in [0.4, 0.5) is 0 Å². The van der Waals surface area contributed by atoms with Gasteiger partial charge in [0.15, 0.2) is 5.96 Å². The molecule has 31 heavy (non-hydrogen) atoms. The van der Waals surface area contributed by atoms with Crippen LogP contribution in [-0.4, -0.2) is 49.1 Å². The minimum Gasteiger partial charge on any atom is -0.462 e. The number of hydrogen-bond donors (Lipinski definition) is 2. The van der Waals surface area contributed by atoms with Gasteiger partial charge in [-0.3, -0.25) is 9.89 Å². The summed E-state index contributed by atoms with van der Waals surface area (Å²) in [5.74, 6) is 0.524. The Hall–Kier alpha value is -2.86. The summed E-state index contributed by atoms with van der Waals surface area (Å²) in [7, 11) is 1.80. The summed E-state index contributed by atoms with van der Waals surface area (Å²) in [6.07, 6.45) is 2.17. The van der Waals surface area contributed by atoms with E-state index in [0.29, 0.717) is 30.8 Å². The average Bonchev–Trinajstić information content (AvgIpc) is 2.79.